The minimum Gasteiger partial charge on any atom is -0.389 e. The Balaban J connectivity index is 2.34. The molecule has 0 spiro atoms. The molecule has 1 aromatic carbocycles. The van der Waals surface area contributed by atoms with Gasteiger partial charge in [-0.2, -0.15) is 0 Å². The van der Waals surface area contributed by atoms with Crippen molar-refractivity contribution in [2.24, 2.45) is 11.1 Å². The lowest BCUT2D eigenvalue weighted by Gasteiger charge is -2.13. The normalized spacial score (nSPS) is 17.2. The van der Waals surface area contributed by atoms with Crippen LogP contribution in [0.1, 0.15) is 25.3 Å². The predicted molar refractivity (Wildman–Crippen MR) is 74.8 cm³/mol. The molecular weight excluding hydrogens is 287 g/mol. The van der Waals surface area contributed by atoms with E-state index in [1.165, 1.54) is 12.1 Å². The van der Waals surface area contributed by atoms with Crippen molar-refractivity contribution in [1.82, 2.24) is 4.72 Å². The number of hydrogen-bond donors (Lipinski definition) is 2. The third kappa shape index (κ3) is 3.10. The van der Waals surface area contributed by atoms with Crippen molar-refractivity contribution < 1.29 is 12.8 Å². The first-order chi connectivity index (χ1) is 8.75. The molecule has 0 unspecified atom stereocenters. The number of rotatable bonds is 5. The van der Waals surface area contributed by atoms with E-state index in [-0.39, 0.29) is 20.9 Å². The first-order valence-electron chi connectivity index (χ1n) is 5.83. The summed E-state index contributed by atoms with van der Waals surface area (Å²) in [6.07, 6.45) is 1.97. The van der Waals surface area contributed by atoms with E-state index >= 15 is 0 Å². The average Bonchev–Trinajstić information content (AvgIpc) is 3.05. The van der Waals surface area contributed by atoms with Gasteiger partial charge in [0.15, 0.2) is 0 Å². The number of sulfonamides is 1. The van der Waals surface area contributed by atoms with E-state index in [0.717, 1.165) is 18.9 Å². The number of thiocarbonyl (C=S) groups is 1. The van der Waals surface area contributed by atoms with Gasteiger partial charge >= 0.3 is 0 Å². The summed E-state index contributed by atoms with van der Waals surface area (Å²) in [5.41, 5.74) is 5.19. The topological polar surface area (TPSA) is 72.2 Å². The molecule has 0 heterocycles. The molecule has 0 saturated heterocycles. The van der Waals surface area contributed by atoms with Crippen LogP contribution < -0.4 is 10.5 Å². The first kappa shape index (κ1) is 14.4. The Labute approximate surface area is 117 Å². The zero-order valence-electron chi connectivity index (χ0n) is 10.4. The number of halogens is 1. The summed E-state index contributed by atoms with van der Waals surface area (Å²) in [5, 5.41) is 0. The van der Waals surface area contributed by atoms with Crippen LogP contribution in [0.5, 0.6) is 0 Å². The van der Waals surface area contributed by atoms with Crippen LogP contribution in [0.4, 0.5) is 4.39 Å². The van der Waals surface area contributed by atoms with Crippen LogP contribution >= 0.6 is 12.2 Å². The highest BCUT2D eigenvalue weighted by molar-refractivity contribution is 7.89. The minimum atomic E-state index is -3.81. The van der Waals surface area contributed by atoms with Gasteiger partial charge in [0.2, 0.25) is 10.0 Å². The zero-order valence-corrected chi connectivity index (χ0v) is 12.1. The van der Waals surface area contributed by atoms with Gasteiger partial charge in [0.1, 0.15) is 10.8 Å². The lowest BCUT2D eigenvalue weighted by atomic mass is 10.2. The van der Waals surface area contributed by atoms with E-state index in [9.17, 15) is 12.8 Å². The second-order valence-electron chi connectivity index (χ2n) is 5.11. The second kappa shape index (κ2) is 4.81. The summed E-state index contributed by atoms with van der Waals surface area (Å²) in [7, 11) is -3.81. The van der Waals surface area contributed by atoms with E-state index in [2.05, 4.69) is 4.72 Å². The maximum atomic E-state index is 13.7. The number of hydrogen-bond acceptors (Lipinski definition) is 3. The first-order valence-corrected chi connectivity index (χ1v) is 7.72. The standard InChI is InChI=1S/C12H15FN2O2S2/c1-12(5-6-12)7-15-19(16,17)9-4-2-3-8(13)10(9)11(14)18/h2-4,15H,5-7H2,1H3,(H2,14,18). The molecule has 0 aromatic heterocycles. The van der Waals surface area contributed by atoms with Gasteiger partial charge in [-0.05, 0) is 30.4 Å². The van der Waals surface area contributed by atoms with Crippen LogP contribution in [0.15, 0.2) is 23.1 Å². The lowest BCUT2D eigenvalue weighted by molar-refractivity contribution is 0.529. The van der Waals surface area contributed by atoms with Gasteiger partial charge in [-0.1, -0.05) is 25.2 Å². The van der Waals surface area contributed by atoms with Gasteiger partial charge in [0.25, 0.3) is 0 Å². The molecule has 0 aliphatic heterocycles. The molecule has 7 heteroatoms. The lowest BCUT2D eigenvalue weighted by Crippen LogP contribution is -2.31. The van der Waals surface area contributed by atoms with Crippen LogP contribution in [0.2, 0.25) is 0 Å². The third-order valence-electron chi connectivity index (χ3n) is 3.30. The van der Waals surface area contributed by atoms with Crippen molar-refractivity contribution in [2.45, 2.75) is 24.7 Å². The van der Waals surface area contributed by atoms with Gasteiger partial charge in [0, 0.05) is 6.54 Å². The fraction of sp³-hybridized carbons (Fsp3) is 0.417. The van der Waals surface area contributed by atoms with Crippen LogP contribution in [0.25, 0.3) is 0 Å². The number of nitrogens with two attached hydrogens (primary N) is 1. The fourth-order valence-electron chi connectivity index (χ4n) is 1.70. The SMILES string of the molecule is CC1(CNS(=O)(=O)c2cccc(F)c2C(N)=S)CC1. The van der Waals surface area contributed by atoms with E-state index < -0.39 is 15.8 Å². The molecular formula is C12H15FN2O2S2. The summed E-state index contributed by atoms with van der Waals surface area (Å²) >= 11 is 4.72. The fourth-order valence-corrected chi connectivity index (χ4v) is 3.40. The molecule has 19 heavy (non-hydrogen) atoms. The van der Waals surface area contributed by atoms with Crippen molar-refractivity contribution in [1.29, 1.82) is 0 Å². The van der Waals surface area contributed by atoms with Crippen molar-refractivity contribution in [3.8, 4) is 0 Å². The summed E-state index contributed by atoms with van der Waals surface area (Å²) in [6.45, 7) is 2.33. The van der Waals surface area contributed by atoms with E-state index in [4.69, 9.17) is 18.0 Å². The molecule has 0 amide bonds. The highest BCUT2D eigenvalue weighted by atomic mass is 32.2. The quantitative estimate of drug-likeness (QED) is 0.809. The highest BCUT2D eigenvalue weighted by Crippen LogP contribution is 2.44. The third-order valence-corrected chi connectivity index (χ3v) is 4.95. The van der Waals surface area contributed by atoms with Gasteiger partial charge in [0.05, 0.1) is 10.5 Å². The molecule has 1 saturated carbocycles. The molecule has 0 atom stereocenters. The van der Waals surface area contributed by atoms with Gasteiger partial charge < -0.3 is 5.73 Å². The molecule has 3 N–H and O–H groups in total. The Morgan fingerprint density at radius 2 is 2.16 bits per heavy atom. The molecule has 104 valence electrons. The van der Waals surface area contributed by atoms with E-state index in [1.54, 1.807) is 0 Å². The highest BCUT2D eigenvalue weighted by Gasteiger charge is 2.38. The van der Waals surface area contributed by atoms with Crippen molar-refractivity contribution in [3.05, 3.63) is 29.6 Å². The zero-order chi connectivity index (χ0) is 14.3. The Morgan fingerprint density at radius 1 is 1.53 bits per heavy atom. The predicted octanol–water partition coefficient (Wildman–Crippen LogP) is 1.54. The van der Waals surface area contributed by atoms with E-state index in [1.807, 2.05) is 6.92 Å². The molecule has 1 aliphatic carbocycles. The molecule has 1 fully saturated rings. The molecule has 0 bridgehead atoms. The monoisotopic (exact) mass is 302 g/mol. The maximum Gasteiger partial charge on any atom is 0.241 e. The Bertz CT molecular complexity index is 625. The van der Waals surface area contributed by atoms with Crippen LogP contribution in [-0.2, 0) is 10.0 Å². The summed E-state index contributed by atoms with van der Waals surface area (Å²) < 4.78 is 40.5. The molecule has 0 radical (unpaired) electrons. The molecule has 4 nitrogen and oxygen atoms in total. The van der Waals surface area contributed by atoms with Crippen LogP contribution in [0.3, 0.4) is 0 Å². The minimum absolute atomic E-state index is 0.0176. The molecule has 1 aliphatic rings. The van der Waals surface area contributed by atoms with Crippen molar-refractivity contribution >= 4 is 27.2 Å². The smallest absolute Gasteiger partial charge is 0.241 e. The number of nitrogens with one attached hydrogen (secondary N) is 1. The molecule has 1 aromatic rings. The summed E-state index contributed by atoms with van der Waals surface area (Å²) in [6, 6.07) is 3.76. The Kier molecular flexibility index (Phi) is 3.63. The van der Waals surface area contributed by atoms with Gasteiger partial charge in [-0.15, -0.1) is 0 Å². The number of benzene rings is 1. The van der Waals surface area contributed by atoms with Gasteiger partial charge in [-0.3, -0.25) is 0 Å². The van der Waals surface area contributed by atoms with Crippen molar-refractivity contribution in [3.63, 3.8) is 0 Å². The van der Waals surface area contributed by atoms with Gasteiger partial charge in [-0.25, -0.2) is 17.5 Å². The van der Waals surface area contributed by atoms with Crippen LogP contribution in [0, 0.1) is 11.2 Å². The van der Waals surface area contributed by atoms with Crippen LogP contribution in [-0.4, -0.2) is 20.0 Å². The summed E-state index contributed by atoms with van der Waals surface area (Å²) in [4.78, 5) is -0.472. The van der Waals surface area contributed by atoms with E-state index in [0.29, 0.717) is 6.54 Å². The average molecular weight is 302 g/mol. The second-order valence-corrected chi connectivity index (χ2v) is 7.29. The molecule has 2 rings (SSSR count). The summed E-state index contributed by atoms with van der Waals surface area (Å²) in [5.74, 6) is -0.729. The Hall–Kier alpha value is -1.05. The largest absolute Gasteiger partial charge is 0.389 e. The Morgan fingerprint density at radius 3 is 2.68 bits per heavy atom. The van der Waals surface area contributed by atoms with Crippen molar-refractivity contribution in [2.75, 3.05) is 6.54 Å². The maximum absolute atomic E-state index is 13.7.